The Bertz CT molecular complexity index is 11.6. The molecule has 0 bridgehead atoms. The molecular weight excluding hydrogens is 278 g/mol. The molecule has 4 heteroatoms. The van der Waals surface area contributed by atoms with Crippen molar-refractivity contribution >= 4 is 26.2 Å². The van der Waals surface area contributed by atoms with Gasteiger partial charge in [-0.25, -0.2) is 0 Å². The van der Waals surface area contributed by atoms with E-state index in [0.29, 0.717) is 0 Å². The maximum atomic E-state index is 9.67. The molecule has 0 aromatic carbocycles. The molecule has 0 aromatic rings. The minimum absolute atomic E-state index is 0. The van der Waals surface area contributed by atoms with Gasteiger partial charge in [0.2, 0.25) is 0 Å². The standard InChI is InChI=1S/CHF3.Bi.3H/c2-1(3)4;;;;/h1H;;;;. The molecule has 0 fully saturated rings. The third-order valence-electron chi connectivity index (χ3n) is 0. The van der Waals surface area contributed by atoms with E-state index in [-0.39, 0.29) is 26.2 Å². The Morgan fingerprint density at radius 3 is 1.00 bits per heavy atom. The van der Waals surface area contributed by atoms with E-state index in [0.717, 1.165) is 0 Å². The van der Waals surface area contributed by atoms with Crippen LogP contribution in [0.1, 0.15) is 0 Å². The molecule has 0 rings (SSSR count). The molecule has 0 saturated heterocycles. The molecule has 0 aliphatic heterocycles. The SMILES string of the molecule is FC(F)F.[BiH3]. The Kier molecular flexibility index (Phi) is 8.58. The van der Waals surface area contributed by atoms with Crippen molar-refractivity contribution in [1.29, 1.82) is 0 Å². The van der Waals surface area contributed by atoms with Crippen LogP contribution in [0.5, 0.6) is 0 Å². The van der Waals surface area contributed by atoms with Crippen LogP contribution >= 0.6 is 0 Å². The summed E-state index contributed by atoms with van der Waals surface area (Å²) in [4.78, 5) is 0. The normalized spacial score (nSPS) is 7.20. The summed E-state index contributed by atoms with van der Waals surface area (Å²) < 4.78 is 29.0. The Labute approximate surface area is 46.5 Å². The van der Waals surface area contributed by atoms with Crippen LogP contribution in [0.2, 0.25) is 0 Å². The van der Waals surface area contributed by atoms with Gasteiger partial charge in [-0.15, -0.1) is 0 Å². The predicted molar refractivity (Wildman–Crippen MR) is 17.1 cm³/mol. The van der Waals surface area contributed by atoms with E-state index in [1.807, 2.05) is 0 Å². The van der Waals surface area contributed by atoms with E-state index in [9.17, 15) is 13.2 Å². The first-order chi connectivity index (χ1) is 1.73. The molecule has 0 heterocycles. The second-order valence-corrected chi connectivity index (χ2v) is 0.247. The second kappa shape index (κ2) is 4.67. The van der Waals surface area contributed by atoms with Gasteiger partial charge >= 0.3 is 32.9 Å². The van der Waals surface area contributed by atoms with Crippen molar-refractivity contribution in [3.63, 3.8) is 0 Å². The van der Waals surface area contributed by atoms with Gasteiger partial charge in [-0.2, -0.15) is 13.2 Å². The van der Waals surface area contributed by atoms with E-state index in [1.165, 1.54) is 0 Å². The van der Waals surface area contributed by atoms with Crippen molar-refractivity contribution in [2.24, 2.45) is 0 Å². The summed E-state index contributed by atoms with van der Waals surface area (Å²) in [7, 11) is 0. The second-order valence-electron chi connectivity index (χ2n) is 0.247. The molecule has 0 N–H and O–H groups in total. The van der Waals surface area contributed by atoms with Crippen LogP contribution in [-0.2, 0) is 0 Å². The first-order valence-electron chi connectivity index (χ1n) is 0.655. The van der Waals surface area contributed by atoms with Gasteiger partial charge < -0.3 is 0 Å². The van der Waals surface area contributed by atoms with Gasteiger partial charge in [0, 0.05) is 0 Å². The van der Waals surface area contributed by atoms with Crippen molar-refractivity contribution < 1.29 is 13.2 Å². The average Bonchev–Trinajstić information content (AvgIpc) is 0.811. The van der Waals surface area contributed by atoms with Gasteiger partial charge in [-0.1, -0.05) is 0 Å². The predicted octanol–water partition coefficient (Wildman–Crippen LogP) is -0.00540. The molecule has 5 heavy (non-hydrogen) atoms. The molecule has 0 aliphatic rings. The Balaban J connectivity index is 0. The number of rotatable bonds is 0. The van der Waals surface area contributed by atoms with Crippen LogP contribution < -0.4 is 0 Å². The average molecular weight is 282 g/mol. The molecule has 0 radical (unpaired) electrons. The van der Waals surface area contributed by atoms with Crippen LogP contribution in [-0.4, -0.2) is 32.9 Å². The fraction of sp³-hybridized carbons (Fsp3) is 1.00. The van der Waals surface area contributed by atoms with Gasteiger partial charge in [0.05, 0.1) is 0 Å². The summed E-state index contributed by atoms with van der Waals surface area (Å²) >= 11 is 0. The van der Waals surface area contributed by atoms with E-state index >= 15 is 0 Å². The molecule has 0 spiro atoms. The van der Waals surface area contributed by atoms with Crippen LogP contribution in [0, 0.1) is 0 Å². The molecule has 0 atom stereocenters. The van der Waals surface area contributed by atoms with Gasteiger partial charge in [-0.05, 0) is 0 Å². The summed E-state index contributed by atoms with van der Waals surface area (Å²) in [6.07, 6.45) is 0. The first-order valence-corrected chi connectivity index (χ1v) is 0.655. The Morgan fingerprint density at radius 1 is 1.00 bits per heavy atom. The zero-order valence-corrected chi connectivity index (χ0v) is 7.92. The summed E-state index contributed by atoms with van der Waals surface area (Å²) in [6.45, 7) is -3.67. The van der Waals surface area contributed by atoms with Gasteiger partial charge in [0.1, 0.15) is 0 Å². The quantitative estimate of drug-likeness (QED) is 0.548. The van der Waals surface area contributed by atoms with Gasteiger partial charge in [-0.3, -0.25) is 0 Å². The first kappa shape index (κ1) is 9.18. The summed E-state index contributed by atoms with van der Waals surface area (Å²) in [6, 6.07) is 0. The van der Waals surface area contributed by atoms with Crippen LogP contribution in [0.3, 0.4) is 0 Å². The van der Waals surface area contributed by atoms with Crippen LogP contribution in [0.4, 0.5) is 13.2 Å². The summed E-state index contributed by atoms with van der Waals surface area (Å²) in [5.41, 5.74) is 0. The van der Waals surface area contributed by atoms with Crippen molar-refractivity contribution in [3.05, 3.63) is 0 Å². The maximum absolute atomic E-state index is 9.67. The van der Waals surface area contributed by atoms with Gasteiger partial charge in [0.15, 0.2) is 0 Å². The molecule has 0 saturated carbocycles. The van der Waals surface area contributed by atoms with Crippen molar-refractivity contribution in [2.75, 3.05) is 0 Å². The molecule has 0 aliphatic carbocycles. The van der Waals surface area contributed by atoms with Crippen LogP contribution in [0.15, 0.2) is 0 Å². The van der Waals surface area contributed by atoms with E-state index in [2.05, 4.69) is 0 Å². The fourth-order valence-corrected chi connectivity index (χ4v) is 0. The third-order valence-corrected chi connectivity index (χ3v) is 0. The van der Waals surface area contributed by atoms with Gasteiger partial charge in [0.25, 0.3) is 0 Å². The molecule has 0 aromatic heterocycles. The molecular formula is CH4BiF3. The summed E-state index contributed by atoms with van der Waals surface area (Å²) in [5.74, 6) is 0. The van der Waals surface area contributed by atoms with Crippen molar-refractivity contribution in [3.8, 4) is 0 Å². The Morgan fingerprint density at radius 2 is 1.00 bits per heavy atom. The van der Waals surface area contributed by atoms with Crippen molar-refractivity contribution in [1.82, 2.24) is 0 Å². The number of alkyl halides is 3. The zero-order chi connectivity index (χ0) is 3.58. The van der Waals surface area contributed by atoms with E-state index in [4.69, 9.17) is 0 Å². The Hall–Kier alpha value is 0.673. The molecule has 34 valence electrons. The number of halogens is 3. The third kappa shape index (κ3) is 73.7. The minimum atomic E-state index is -3.67. The van der Waals surface area contributed by atoms with E-state index in [1.54, 1.807) is 0 Å². The molecule has 0 unspecified atom stereocenters. The fourth-order valence-electron chi connectivity index (χ4n) is 0. The summed E-state index contributed by atoms with van der Waals surface area (Å²) in [5, 5.41) is 0. The zero-order valence-electron chi connectivity index (χ0n) is 2.42. The molecule has 0 nitrogen and oxygen atoms in total. The number of hydrogen-bond acceptors (Lipinski definition) is 0. The van der Waals surface area contributed by atoms with Crippen molar-refractivity contribution in [2.45, 2.75) is 6.68 Å². The topological polar surface area (TPSA) is 0 Å². The van der Waals surface area contributed by atoms with E-state index < -0.39 is 6.68 Å². The number of hydrogen-bond donors (Lipinski definition) is 0. The monoisotopic (exact) mass is 282 g/mol. The molecule has 0 amide bonds. The van der Waals surface area contributed by atoms with Crippen LogP contribution in [0.25, 0.3) is 0 Å².